The van der Waals surface area contributed by atoms with Crippen LogP contribution < -0.4 is 16.4 Å². The van der Waals surface area contributed by atoms with Gasteiger partial charge in [0.25, 0.3) is 11.8 Å². The van der Waals surface area contributed by atoms with E-state index in [9.17, 15) is 14.4 Å². The molecule has 0 bridgehead atoms. The van der Waals surface area contributed by atoms with Gasteiger partial charge in [-0.25, -0.2) is 9.79 Å². The number of urea groups is 1. The molecule has 1 heterocycles. The molecule has 1 aliphatic heterocycles. The second-order valence-corrected chi connectivity index (χ2v) is 10.6. The summed E-state index contributed by atoms with van der Waals surface area (Å²) < 4.78 is 0. The maximum absolute atomic E-state index is 13.3. The molecule has 4 rings (SSSR count). The van der Waals surface area contributed by atoms with Gasteiger partial charge in [0.1, 0.15) is 5.54 Å². The van der Waals surface area contributed by atoms with Gasteiger partial charge in [-0.3, -0.25) is 19.8 Å². The van der Waals surface area contributed by atoms with E-state index in [2.05, 4.69) is 10.6 Å². The van der Waals surface area contributed by atoms with Crippen molar-refractivity contribution in [3.05, 3.63) is 35.9 Å². The molecule has 4 amide bonds. The van der Waals surface area contributed by atoms with Gasteiger partial charge in [0.05, 0.1) is 0 Å². The third-order valence-corrected chi connectivity index (χ3v) is 8.07. The van der Waals surface area contributed by atoms with Crippen molar-refractivity contribution < 1.29 is 14.4 Å². The standard InChI is InChI=1S/C27H39N5O3/c1-32-24(34)27(31-25(32)28,16-15-19-9-4-2-5-10-19)18-20-11-8-14-22(17-20)29-26(35)30-23(33)21-12-6-3-7-13-21/h3,6-7,12-13,19-20,22H,2,4-5,8-11,14-18H2,1H3,(H2,28,31)(H2,29,30,33,35)/t20-,22+,27+/m0/s1. The molecule has 0 saturated heterocycles. The molecule has 4 N–H and O–H groups in total. The summed E-state index contributed by atoms with van der Waals surface area (Å²) in [5.41, 5.74) is 5.77. The third kappa shape index (κ3) is 6.21. The molecule has 190 valence electrons. The molecule has 0 unspecified atom stereocenters. The van der Waals surface area contributed by atoms with Crippen molar-refractivity contribution in [3.63, 3.8) is 0 Å². The first kappa shape index (κ1) is 25.2. The van der Waals surface area contributed by atoms with E-state index in [-0.39, 0.29) is 17.9 Å². The van der Waals surface area contributed by atoms with Gasteiger partial charge in [-0.05, 0) is 56.1 Å². The fourth-order valence-corrected chi connectivity index (χ4v) is 6.15. The first-order valence-corrected chi connectivity index (χ1v) is 13.2. The van der Waals surface area contributed by atoms with Gasteiger partial charge in [-0.2, -0.15) is 0 Å². The predicted molar refractivity (Wildman–Crippen MR) is 136 cm³/mol. The van der Waals surface area contributed by atoms with E-state index in [1.165, 1.54) is 37.0 Å². The molecule has 1 aromatic carbocycles. The van der Waals surface area contributed by atoms with Gasteiger partial charge in [0.15, 0.2) is 5.96 Å². The topological polar surface area (TPSA) is 117 Å². The van der Waals surface area contributed by atoms with Crippen LogP contribution in [0.1, 0.15) is 87.4 Å². The van der Waals surface area contributed by atoms with E-state index < -0.39 is 17.5 Å². The molecule has 3 atom stereocenters. The highest BCUT2D eigenvalue weighted by atomic mass is 16.2. The van der Waals surface area contributed by atoms with E-state index in [4.69, 9.17) is 10.7 Å². The van der Waals surface area contributed by atoms with Crippen molar-refractivity contribution in [2.24, 2.45) is 22.6 Å². The SMILES string of the molecule is CN1C(=O)[C@@](CCC2CCCCC2)(C[C@H]2CCC[C@@H](NC(=O)NC(=O)c3ccccc3)C2)N=C1N. The summed E-state index contributed by atoms with van der Waals surface area (Å²) in [6.07, 6.45) is 12.4. The van der Waals surface area contributed by atoms with Gasteiger partial charge in [0.2, 0.25) is 0 Å². The molecule has 0 radical (unpaired) electrons. The van der Waals surface area contributed by atoms with Crippen molar-refractivity contribution in [2.75, 3.05) is 7.05 Å². The zero-order valence-electron chi connectivity index (χ0n) is 20.8. The maximum Gasteiger partial charge on any atom is 0.321 e. The Balaban J connectivity index is 1.35. The van der Waals surface area contributed by atoms with E-state index in [0.29, 0.717) is 23.9 Å². The lowest BCUT2D eigenvalue weighted by Crippen LogP contribution is -2.47. The highest BCUT2D eigenvalue weighted by Gasteiger charge is 2.48. The summed E-state index contributed by atoms with van der Waals surface area (Å²) in [5, 5.41) is 5.40. The second-order valence-electron chi connectivity index (χ2n) is 10.6. The van der Waals surface area contributed by atoms with E-state index in [0.717, 1.165) is 38.5 Å². The van der Waals surface area contributed by atoms with Crippen LogP contribution in [-0.2, 0) is 4.79 Å². The number of rotatable bonds is 7. The monoisotopic (exact) mass is 481 g/mol. The third-order valence-electron chi connectivity index (χ3n) is 8.07. The van der Waals surface area contributed by atoms with Crippen LogP contribution in [0.3, 0.4) is 0 Å². The summed E-state index contributed by atoms with van der Waals surface area (Å²) in [6.45, 7) is 0. The number of guanidine groups is 1. The van der Waals surface area contributed by atoms with Crippen LogP contribution >= 0.6 is 0 Å². The molecule has 35 heavy (non-hydrogen) atoms. The summed E-state index contributed by atoms with van der Waals surface area (Å²) in [4.78, 5) is 44.3. The molecular formula is C27H39N5O3. The van der Waals surface area contributed by atoms with Gasteiger partial charge in [0, 0.05) is 18.7 Å². The van der Waals surface area contributed by atoms with Crippen molar-refractivity contribution >= 4 is 23.8 Å². The number of carbonyl (C=O) groups excluding carboxylic acids is 3. The number of nitrogens with two attached hydrogens (primary N) is 1. The van der Waals surface area contributed by atoms with Crippen LogP contribution in [0.25, 0.3) is 0 Å². The minimum Gasteiger partial charge on any atom is -0.369 e. The maximum atomic E-state index is 13.3. The highest BCUT2D eigenvalue weighted by Crippen LogP contribution is 2.40. The molecule has 2 aliphatic carbocycles. The van der Waals surface area contributed by atoms with Crippen LogP contribution in [0, 0.1) is 11.8 Å². The number of nitrogens with zero attached hydrogens (tertiary/aromatic N) is 2. The molecule has 8 nitrogen and oxygen atoms in total. The number of hydrogen-bond donors (Lipinski definition) is 3. The van der Waals surface area contributed by atoms with Crippen LogP contribution in [0.5, 0.6) is 0 Å². The Bertz CT molecular complexity index is 943. The number of hydrogen-bond acceptors (Lipinski definition) is 5. The molecule has 0 aromatic heterocycles. The number of carbonyl (C=O) groups is 3. The van der Waals surface area contributed by atoms with Crippen LogP contribution in [0.15, 0.2) is 35.3 Å². The molecule has 0 spiro atoms. The largest absolute Gasteiger partial charge is 0.369 e. The predicted octanol–water partition coefficient (Wildman–Crippen LogP) is 3.96. The fraction of sp³-hybridized carbons (Fsp3) is 0.630. The molecule has 3 aliphatic rings. The number of amides is 4. The lowest BCUT2D eigenvalue weighted by Gasteiger charge is -2.35. The first-order chi connectivity index (χ1) is 16.9. The van der Waals surface area contributed by atoms with Crippen molar-refractivity contribution in [1.82, 2.24) is 15.5 Å². The second kappa shape index (κ2) is 11.2. The smallest absolute Gasteiger partial charge is 0.321 e. The Morgan fingerprint density at radius 1 is 1.06 bits per heavy atom. The van der Waals surface area contributed by atoms with Crippen molar-refractivity contribution in [3.8, 4) is 0 Å². The van der Waals surface area contributed by atoms with Crippen molar-refractivity contribution in [2.45, 2.75) is 88.6 Å². The van der Waals surface area contributed by atoms with Gasteiger partial charge in [-0.1, -0.05) is 63.1 Å². The summed E-state index contributed by atoms with van der Waals surface area (Å²) >= 11 is 0. The Morgan fingerprint density at radius 3 is 2.46 bits per heavy atom. The number of imide groups is 1. The van der Waals surface area contributed by atoms with Crippen LogP contribution in [-0.4, -0.2) is 47.3 Å². The normalized spacial score (nSPS) is 27.4. The lowest BCUT2D eigenvalue weighted by atomic mass is 9.74. The number of likely N-dealkylation sites (N-methyl/N-ethyl adjacent to an activating group) is 1. The molecular weight excluding hydrogens is 442 g/mol. The zero-order valence-corrected chi connectivity index (χ0v) is 20.8. The Morgan fingerprint density at radius 2 is 1.77 bits per heavy atom. The Hall–Kier alpha value is -2.90. The van der Waals surface area contributed by atoms with Gasteiger partial charge in [-0.15, -0.1) is 0 Å². The lowest BCUT2D eigenvalue weighted by molar-refractivity contribution is -0.131. The van der Waals surface area contributed by atoms with Crippen LogP contribution in [0.4, 0.5) is 4.79 Å². The molecule has 2 fully saturated rings. The van der Waals surface area contributed by atoms with Crippen LogP contribution in [0.2, 0.25) is 0 Å². The number of benzene rings is 1. The van der Waals surface area contributed by atoms with Gasteiger partial charge >= 0.3 is 6.03 Å². The Labute approximate surface area is 208 Å². The highest BCUT2D eigenvalue weighted by molar-refractivity contribution is 6.06. The summed E-state index contributed by atoms with van der Waals surface area (Å²) in [6, 6.07) is 8.19. The summed E-state index contributed by atoms with van der Waals surface area (Å²) in [7, 11) is 1.71. The minimum atomic E-state index is -0.783. The number of nitrogens with one attached hydrogen (secondary N) is 2. The van der Waals surface area contributed by atoms with E-state index in [1.807, 2.05) is 6.07 Å². The quantitative estimate of drug-likeness (QED) is 0.546. The zero-order chi connectivity index (χ0) is 24.8. The fourth-order valence-electron chi connectivity index (χ4n) is 6.15. The van der Waals surface area contributed by atoms with Crippen molar-refractivity contribution in [1.29, 1.82) is 0 Å². The summed E-state index contributed by atoms with van der Waals surface area (Å²) in [5.74, 6) is 0.830. The minimum absolute atomic E-state index is 0.00657. The Kier molecular flexibility index (Phi) is 8.08. The molecule has 8 heteroatoms. The van der Waals surface area contributed by atoms with E-state index in [1.54, 1.807) is 31.3 Å². The van der Waals surface area contributed by atoms with Gasteiger partial charge < -0.3 is 11.1 Å². The number of aliphatic imine (C=N–C) groups is 1. The average molecular weight is 482 g/mol. The average Bonchev–Trinajstić information content (AvgIpc) is 3.07. The first-order valence-electron chi connectivity index (χ1n) is 13.2. The van der Waals surface area contributed by atoms with E-state index >= 15 is 0 Å². The molecule has 2 saturated carbocycles. The molecule has 1 aromatic rings.